The first-order valence-electron chi connectivity index (χ1n) is 5.37. The van der Waals surface area contributed by atoms with Crippen LogP contribution in [0.4, 0.5) is 10.1 Å². The standard InChI is InChI=1S/C13H11FN2O4/c1-19-12(17)6-11(13(18)20-2)16-10-5-3-4-9(14)8(10)7-15/h3-6,16H,1-2H3/b11-6+. The molecule has 0 aliphatic carbocycles. The van der Waals surface area contributed by atoms with Crippen LogP contribution in [0.25, 0.3) is 0 Å². The minimum absolute atomic E-state index is 0.0352. The summed E-state index contributed by atoms with van der Waals surface area (Å²) in [5.41, 5.74) is -0.526. The average Bonchev–Trinajstić information content (AvgIpc) is 2.45. The molecule has 0 atom stereocenters. The third-order valence-electron chi connectivity index (χ3n) is 2.26. The van der Waals surface area contributed by atoms with Crippen LogP contribution in [0.2, 0.25) is 0 Å². The normalized spacial score (nSPS) is 10.4. The molecule has 0 aliphatic heterocycles. The molecule has 0 saturated heterocycles. The minimum atomic E-state index is -0.858. The first-order chi connectivity index (χ1) is 9.53. The van der Waals surface area contributed by atoms with E-state index in [4.69, 9.17) is 5.26 Å². The first kappa shape index (κ1) is 15.2. The van der Waals surface area contributed by atoms with Gasteiger partial charge in [-0.15, -0.1) is 0 Å². The van der Waals surface area contributed by atoms with Crippen molar-refractivity contribution in [2.75, 3.05) is 19.5 Å². The Morgan fingerprint density at radius 2 is 2.05 bits per heavy atom. The number of halogens is 1. The second-order valence-electron chi connectivity index (χ2n) is 3.47. The van der Waals surface area contributed by atoms with Crippen molar-refractivity contribution in [3.8, 4) is 6.07 Å². The number of carbonyl (C=O) groups excluding carboxylic acids is 2. The summed E-state index contributed by atoms with van der Waals surface area (Å²) in [7, 11) is 2.25. The third-order valence-corrected chi connectivity index (χ3v) is 2.26. The van der Waals surface area contributed by atoms with Crippen molar-refractivity contribution in [2.45, 2.75) is 0 Å². The smallest absolute Gasteiger partial charge is 0.354 e. The summed E-state index contributed by atoms with van der Waals surface area (Å²) in [5.74, 6) is -2.41. The van der Waals surface area contributed by atoms with Crippen LogP contribution in [0.3, 0.4) is 0 Å². The molecular formula is C13H11FN2O4. The van der Waals surface area contributed by atoms with Crippen molar-refractivity contribution in [2.24, 2.45) is 0 Å². The molecule has 0 amide bonds. The number of methoxy groups -OCH3 is 2. The van der Waals surface area contributed by atoms with Gasteiger partial charge < -0.3 is 14.8 Å². The van der Waals surface area contributed by atoms with Gasteiger partial charge in [-0.2, -0.15) is 5.26 Å². The largest absolute Gasteiger partial charge is 0.466 e. The number of nitriles is 1. The Balaban J connectivity index is 3.18. The van der Waals surface area contributed by atoms with E-state index in [-0.39, 0.29) is 16.9 Å². The van der Waals surface area contributed by atoms with Gasteiger partial charge in [-0.3, -0.25) is 0 Å². The van der Waals surface area contributed by atoms with Gasteiger partial charge in [-0.1, -0.05) is 6.07 Å². The number of benzene rings is 1. The molecule has 0 unspecified atom stereocenters. The van der Waals surface area contributed by atoms with Crippen LogP contribution in [0.1, 0.15) is 5.56 Å². The van der Waals surface area contributed by atoms with Crippen LogP contribution >= 0.6 is 0 Å². The molecule has 0 saturated carbocycles. The molecule has 0 fully saturated rings. The maximum atomic E-state index is 13.4. The number of esters is 2. The van der Waals surface area contributed by atoms with Gasteiger partial charge in [0.1, 0.15) is 23.1 Å². The molecule has 0 aromatic heterocycles. The van der Waals surface area contributed by atoms with Gasteiger partial charge in [0.25, 0.3) is 0 Å². The summed E-state index contributed by atoms with van der Waals surface area (Å²) >= 11 is 0. The van der Waals surface area contributed by atoms with E-state index in [1.54, 1.807) is 6.07 Å². The summed E-state index contributed by atoms with van der Waals surface area (Å²) in [4.78, 5) is 22.7. The molecule has 0 heterocycles. The Labute approximate surface area is 114 Å². The SMILES string of the molecule is COC(=O)/C=C(/Nc1cccc(F)c1C#N)C(=O)OC. The number of nitrogens with one attached hydrogen (secondary N) is 1. The summed E-state index contributed by atoms with van der Waals surface area (Å²) < 4.78 is 22.3. The Bertz CT molecular complexity index is 605. The molecule has 1 aromatic carbocycles. The van der Waals surface area contributed by atoms with E-state index in [2.05, 4.69) is 14.8 Å². The maximum absolute atomic E-state index is 13.4. The van der Waals surface area contributed by atoms with E-state index >= 15 is 0 Å². The number of ether oxygens (including phenoxy) is 2. The Hall–Kier alpha value is -2.88. The van der Waals surface area contributed by atoms with Crippen molar-refractivity contribution in [3.05, 3.63) is 41.4 Å². The van der Waals surface area contributed by atoms with Crippen molar-refractivity contribution >= 4 is 17.6 Å². The summed E-state index contributed by atoms with van der Waals surface area (Å²) in [6.07, 6.45) is 0.845. The molecular weight excluding hydrogens is 267 g/mol. The highest BCUT2D eigenvalue weighted by Gasteiger charge is 2.16. The van der Waals surface area contributed by atoms with E-state index in [1.807, 2.05) is 0 Å². The number of hydrogen-bond acceptors (Lipinski definition) is 6. The molecule has 20 heavy (non-hydrogen) atoms. The molecule has 7 heteroatoms. The lowest BCUT2D eigenvalue weighted by molar-refractivity contribution is -0.138. The van der Waals surface area contributed by atoms with Crippen molar-refractivity contribution in [1.29, 1.82) is 5.26 Å². The Kier molecular flexibility index (Phi) is 5.23. The summed E-state index contributed by atoms with van der Waals surface area (Å²) in [6.45, 7) is 0. The number of hydrogen-bond donors (Lipinski definition) is 1. The lowest BCUT2D eigenvalue weighted by Crippen LogP contribution is -2.16. The van der Waals surface area contributed by atoms with Crippen LogP contribution in [-0.4, -0.2) is 26.2 Å². The zero-order valence-electron chi connectivity index (χ0n) is 10.8. The van der Waals surface area contributed by atoms with Crippen molar-refractivity contribution < 1.29 is 23.5 Å². The predicted molar refractivity (Wildman–Crippen MR) is 66.9 cm³/mol. The van der Waals surface area contributed by atoms with Gasteiger partial charge in [0, 0.05) is 0 Å². The van der Waals surface area contributed by atoms with Gasteiger partial charge in [0.15, 0.2) is 0 Å². The molecule has 0 spiro atoms. The molecule has 1 N–H and O–H groups in total. The van der Waals surface area contributed by atoms with Crippen LogP contribution in [-0.2, 0) is 19.1 Å². The van der Waals surface area contributed by atoms with Gasteiger partial charge in [0.05, 0.1) is 26.0 Å². The molecule has 1 aromatic rings. The lowest BCUT2D eigenvalue weighted by Gasteiger charge is -2.10. The van der Waals surface area contributed by atoms with Crippen molar-refractivity contribution in [3.63, 3.8) is 0 Å². The lowest BCUT2D eigenvalue weighted by atomic mass is 10.1. The van der Waals surface area contributed by atoms with Crippen LogP contribution in [0, 0.1) is 17.1 Å². The number of rotatable bonds is 4. The minimum Gasteiger partial charge on any atom is -0.466 e. The Morgan fingerprint density at radius 3 is 2.60 bits per heavy atom. The van der Waals surface area contributed by atoms with Gasteiger partial charge in [-0.05, 0) is 12.1 Å². The van der Waals surface area contributed by atoms with E-state index in [0.717, 1.165) is 26.4 Å². The number of anilines is 1. The highest BCUT2D eigenvalue weighted by Crippen LogP contribution is 2.19. The van der Waals surface area contributed by atoms with Gasteiger partial charge >= 0.3 is 11.9 Å². The topological polar surface area (TPSA) is 88.4 Å². The van der Waals surface area contributed by atoms with E-state index in [0.29, 0.717) is 0 Å². The van der Waals surface area contributed by atoms with Gasteiger partial charge in [-0.25, -0.2) is 14.0 Å². The molecule has 0 aliphatic rings. The van der Waals surface area contributed by atoms with Crippen LogP contribution < -0.4 is 5.32 Å². The molecule has 0 bridgehead atoms. The van der Waals surface area contributed by atoms with Crippen LogP contribution in [0.5, 0.6) is 0 Å². The summed E-state index contributed by atoms with van der Waals surface area (Å²) in [5, 5.41) is 11.4. The van der Waals surface area contributed by atoms with E-state index in [1.165, 1.54) is 12.1 Å². The zero-order chi connectivity index (χ0) is 15.1. The van der Waals surface area contributed by atoms with Crippen molar-refractivity contribution in [1.82, 2.24) is 0 Å². The predicted octanol–water partition coefficient (Wildman–Crippen LogP) is 1.34. The molecule has 104 valence electrons. The van der Waals surface area contributed by atoms with Gasteiger partial charge in [0.2, 0.25) is 0 Å². The highest BCUT2D eigenvalue weighted by atomic mass is 19.1. The highest BCUT2D eigenvalue weighted by molar-refractivity contribution is 5.99. The first-order valence-corrected chi connectivity index (χ1v) is 5.37. The number of nitrogens with zero attached hydrogens (tertiary/aromatic N) is 1. The zero-order valence-corrected chi connectivity index (χ0v) is 10.8. The fraction of sp³-hybridized carbons (Fsp3) is 0.154. The quantitative estimate of drug-likeness (QED) is 0.660. The van der Waals surface area contributed by atoms with Crippen LogP contribution in [0.15, 0.2) is 30.0 Å². The maximum Gasteiger partial charge on any atom is 0.354 e. The second kappa shape index (κ2) is 6.89. The summed E-state index contributed by atoms with van der Waals surface area (Å²) in [6, 6.07) is 5.50. The second-order valence-corrected chi connectivity index (χ2v) is 3.47. The molecule has 0 radical (unpaired) electrons. The fourth-order valence-electron chi connectivity index (χ4n) is 1.32. The monoisotopic (exact) mass is 278 g/mol. The molecule has 1 rings (SSSR count). The fourth-order valence-corrected chi connectivity index (χ4v) is 1.32. The Morgan fingerprint density at radius 1 is 1.35 bits per heavy atom. The average molecular weight is 278 g/mol. The number of carbonyl (C=O) groups is 2. The third kappa shape index (κ3) is 3.55. The van der Waals surface area contributed by atoms with E-state index in [9.17, 15) is 14.0 Å². The van der Waals surface area contributed by atoms with E-state index < -0.39 is 17.8 Å². The molecule has 6 nitrogen and oxygen atoms in total.